The second kappa shape index (κ2) is 6.30. The number of hydrogen-bond donors (Lipinski definition) is 0. The summed E-state index contributed by atoms with van der Waals surface area (Å²) >= 11 is 0. The lowest BCUT2D eigenvalue weighted by atomic mass is 9.78. The van der Waals surface area contributed by atoms with E-state index in [1.807, 2.05) is 60.7 Å². The molecule has 1 saturated carbocycles. The highest BCUT2D eigenvalue weighted by atomic mass is 16.5. The van der Waals surface area contributed by atoms with E-state index in [4.69, 9.17) is 9.47 Å². The molecule has 0 amide bonds. The Labute approximate surface area is 157 Å². The summed E-state index contributed by atoms with van der Waals surface area (Å²) in [4.78, 5) is 24.6. The molecule has 2 aromatic carbocycles. The van der Waals surface area contributed by atoms with Crippen LogP contribution in [0.1, 0.15) is 17.5 Å². The van der Waals surface area contributed by atoms with E-state index in [-0.39, 0.29) is 0 Å². The number of nitrogens with zero attached hydrogens (tertiary/aromatic N) is 2. The predicted molar refractivity (Wildman–Crippen MR) is 96.9 cm³/mol. The fourth-order valence-electron chi connectivity index (χ4n) is 4.28. The van der Waals surface area contributed by atoms with E-state index >= 15 is 0 Å². The molecule has 6 nitrogen and oxygen atoms in total. The van der Waals surface area contributed by atoms with Gasteiger partial charge in [-0.3, -0.25) is 9.59 Å². The van der Waals surface area contributed by atoms with Crippen LogP contribution >= 0.6 is 0 Å². The van der Waals surface area contributed by atoms with Gasteiger partial charge >= 0.3 is 11.9 Å². The number of ether oxygens (including phenoxy) is 2. The van der Waals surface area contributed by atoms with Gasteiger partial charge in [-0.25, -0.2) is 0 Å². The van der Waals surface area contributed by atoms with Gasteiger partial charge in [-0.2, -0.15) is 10.2 Å². The molecule has 1 aliphatic carbocycles. The van der Waals surface area contributed by atoms with Crippen LogP contribution in [0.25, 0.3) is 0 Å². The second-order valence-corrected chi connectivity index (χ2v) is 6.96. The number of methoxy groups -OCH3 is 2. The number of benzene rings is 2. The largest absolute Gasteiger partial charge is 0.469 e. The van der Waals surface area contributed by atoms with Gasteiger partial charge in [-0.15, -0.1) is 0 Å². The molecule has 27 heavy (non-hydrogen) atoms. The Hall–Kier alpha value is -3.02. The van der Waals surface area contributed by atoms with E-state index in [9.17, 15) is 9.59 Å². The molecule has 2 aliphatic rings. The van der Waals surface area contributed by atoms with Crippen molar-refractivity contribution in [3.05, 3.63) is 71.8 Å². The molecule has 2 aromatic rings. The van der Waals surface area contributed by atoms with E-state index < -0.39 is 34.9 Å². The molecular formula is C21H20N2O4. The fourth-order valence-corrected chi connectivity index (χ4v) is 4.28. The normalized spacial score (nSPS) is 27.3. The van der Waals surface area contributed by atoms with E-state index in [1.165, 1.54) is 14.2 Å². The van der Waals surface area contributed by atoms with Gasteiger partial charge in [0.15, 0.2) is 0 Å². The van der Waals surface area contributed by atoms with Crippen LogP contribution in [0.3, 0.4) is 0 Å². The van der Waals surface area contributed by atoms with Crippen molar-refractivity contribution in [2.45, 2.75) is 17.5 Å². The predicted octanol–water partition coefficient (Wildman–Crippen LogP) is 3.12. The number of esters is 2. The molecule has 1 heterocycles. The van der Waals surface area contributed by atoms with E-state index in [0.29, 0.717) is 6.42 Å². The van der Waals surface area contributed by atoms with Gasteiger partial charge in [0.25, 0.3) is 0 Å². The van der Waals surface area contributed by atoms with Gasteiger partial charge in [0.05, 0.1) is 14.2 Å². The minimum absolute atomic E-state index is 0.410. The first kappa shape index (κ1) is 17.4. The van der Waals surface area contributed by atoms with Gasteiger partial charge in [0.1, 0.15) is 22.9 Å². The third kappa shape index (κ3) is 2.47. The molecular weight excluding hydrogens is 344 g/mol. The summed E-state index contributed by atoms with van der Waals surface area (Å²) in [6, 6.07) is 19.6. The maximum Gasteiger partial charge on any atom is 0.312 e. The van der Waals surface area contributed by atoms with Gasteiger partial charge < -0.3 is 9.47 Å². The molecule has 0 bridgehead atoms. The summed E-state index contributed by atoms with van der Waals surface area (Å²) in [6.07, 6.45) is 0.410. The van der Waals surface area contributed by atoms with Crippen LogP contribution in [0.15, 0.2) is 70.9 Å². The number of azo groups is 1. The van der Waals surface area contributed by atoms with E-state index in [1.54, 1.807) is 0 Å². The monoisotopic (exact) mass is 364 g/mol. The van der Waals surface area contributed by atoms with Crippen molar-refractivity contribution in [1.82, 2.24) is 0 Å². The van der Waals surface area contributed by atoms with Crippen LogP contribution < -0.4 is 0 Å². The average molecular weight is 364 g/mol. The van der Waals surface area contributed by atoms with Crippen molar-refractivity contribution in [3.63, 3.8) is 0 Å². The standard InChI is InChI=1S/C21H20N2O4/c1-26-18(24)16-17(19(25)27-2)21(16)13-20(22-23-21,14-9-5-3-6-10-14)15-11-7-4-8-12-15/h3-12,16-17H,13H2,1-2H3. The van der Waals surface area contributed by atoms with Crippen molar-refractivity contribution in [1.29, 1.82) is 0 Å². The van der Waals surface area contributed by atoms with Gasteiger partial charge in [-0.1, -0.05) is 60.7 Å². The highest BCUT2D eigenvalue weighted by Gasteiger charge is 2.78. The van der Waals surface area contributed by atoms with Crippen LogP contribution in [0.2, 0.25) is 0 Å². The molecule has 1 fully saturated rings. The minimum atomic E-state index is -0.925. The Kier molecular flexibility index (Phi) is 4.06. The van der Waals surface area contributed by atoms with Gasteiger partial charge in [0, 0.05) is 6.42 Å². The molecule has 1 aliphatic heterocycles. The summed E-state index contributed by atoms with van der Waals surface area (Å²) < 4.78 is 9.83. The number of carbonyl (C=O) groups is 2. The van der Waals surface area contributed by atoms with Gasteiger partial charge in [0.2, 0.25) is 0 Å². The third-order valence-electron chi connectivity index (χ3n) is 5.66. The number of carbonyl (C=O) groups excluding carboxylic acids is 2. The van der Waals surface area contributed by atoms with Crippen LogP contribution in [-0.2, 0) is 24.6 Å². The Morgan fingerprint density at radius 3 is 1.67 bits per heavy atom. The zero-order valence-electron chi connectivity index (χ0n) is 15.2. The highest BCUT2D eigenvalue weighted by Crippen LogP contribution is 2.65. The molecule has 0 saturated heterocycles. The maximum absolute atomic E-state index is 12.3. The molecule has 6 heteroatoms. The van der Waals surface area contributed by atoms with Crippen molar-refractivity contribution in [2.24, 2.45) is 22.1 Å². The van der Waals surface area contributed by atoms with Crippen LogP contribution in [-0.4, -0.2) is 31.7 Å². The first-order valence-electron chi connectivity index (χ1n) is 8.80. The zero-order valence-corrected chi connectivity index (χ0v) is 15.2. The summed E-state index contributed by atoms with van der Waals surface area (Å²) in [5.41, 5.74) is 0.260. The van der Waals surface area contributed by atoms with Crippen LogP contribution in [0.4, 0.5) is 0 Å². The molecule has 138 valence electrons. The molecule has 1 spiro atoms. The smallest absolute Gasteiger partial charge is 0.312 e. The quantitative estimate of drug-likeness (QED) is 0.781. The van der Waals surface area contributed by atoms with Crippen LogP contribution in [0.5, 0.6) is 0 Å². The molecule has 4 rings (SSSR count). The Bertz CT molecular complexity index is 833. The lowest BCUT2D eigenvalue weighted by Gasteiger charge is -2.27. The van der Waals surface area contributed by atoms with Gasteiger partial charge in [-0.05, 0) is 11.1 Å². The van der Waals surface area contributed by atoms with Crippen LogP contribution in [0, 0.1) is 11.8 Å². The molecule has 0 aromatic heterocycles. The first-order chi connectivity index (χ1) is 13.1. The Balaban J connectivity index is 1.80. The summed E-state index contributed by atoms with van der Waals surface area (Å²) in [5, 5.41) is 9.18. The summed E-state index contributed by atoms with van der Waals surface area (Å²) in [6.45, 7) is 0. The number of hydrogen-bond acceptors (Lipinski definition) is 6. The van der Waals surface area contributed by atoms with Crippen molar-refractivity contribution in [2.75, 3.05) is 14.2 Å². The SMILES string of the molecule is COC(=O)C1C(C(=O)OC)C12CC(c1ccccc1)(c1ccccc1)N=N2. The maximum atomic E-state index is 12.3. The molecule has 2 unspecified atom stereocenters. The topological polar surface area (TPSA) is 77.3 Å². The van der Waals surface area contributed by atoms with Crippen molar-refractivity contribution < 1.29 is 19.1 Å². The lowest BCUT2D eigenvalue weighted by Crippen LogP contribution is -2.28. The lowest BCUT2D eigenvalue weighted by molar-refractivity contribution is -0.148. The average Bonchev–Trinajstić information content (AvgIpc) is 3.19. The Morgan fingerprint density at radius 1 is 0.815 bits per heavy atom. The molecule has 0 radical (unpaired) electrons. The second-order valence-electron chi connectivity index (χ2n) is 6.96. The molecule has 2 atom stereocenters. The third-order valence-corrected chi connectivity index (χ3v) is 5.66. The van der Waals surface area contributed by atoms with Crippen molar-refractivity contribution >= 4 is 11.9 Å². The number of rotatable bonds is 4. The fraction of sp³-hybridized carbons (Fsp3) is 0.333. The zero-order chi connectivity index (χ0) is 19.1. The first-order valence-corrected chi connectivity index (χ1v) is 8.80. The summed E-state index contributed by atoms with van der Waals surface area (Å²) in [5.74, 6) is -2.26. The molecule has 0 N–H and O–H groups in total. The van der Waals surface area contributed by atoms with E-state index in [0.717, 1.165) is 11.1 Å². The van der Waals surface area contributed by atoms with E-state index in [2.05, 4.69) is 10.2 Å². The van der Waals surface area contributed by atoms with Crippen molar-refractivity contribution in [3.8, 4) is 0 Å². The summed E-state index contributed by atoms with van der Waals surface area (Å²) in [7, 11) is 2.63. The highest BCUT2D eigenvalue weighted by molar-refractivity contribution is 5.92. The minimum Gasteiger partial charge on any atom is -0.469 e. The Morgan fingerprint density at radius 2 is 1.26 bits per heavy atom.